The van der Waals surface area contributed by atoms with Gasteiger partial charge < -0.3 is 20.5 Å². The number of alkyl carbamates (subject to hydrolysis) is 1. The van der Waals surface area contributed by atoms with Crippen molar-refractivity contribution in [2.45, 2.75) is 89.3 Å². The molecule has 0 heterocycles. The van der Waals surface area contributed by atoms with Gasteiger partial charge in [0.25, 0.3) is 0 Å². The lowest BCUT2D eigenvalue weighted by Crippen LogP contribution is -2.40. The van der Waals surface area contributed by atoms with E-state index >= 15 is 0 Å². The van der Waals surface area contributed by atoms with Crippen LogP contribution in [0, 0.1) is 0 Å². The van der Waals surface area contributed by atoms with Crippen molar-refractivity contribution < 1.29 is 19.4 Å². The highest BCUT2D eigenvalue weighted by Gasteiger charge is 2.19. The Morgan fingerprint density at radius 3 is 1.88 bits per heavy atom. The first-order valence-electron chi connectivity index (χ1n) is 9.09. The molecule has 0 bridgehead atoms. The highest BCUT2D eigenvalue weighted by molar-refractivity contribution is 5.79. The summed E-state index contributed by atoms with van der Waals surface area (Å²) in [6.45, 7) is 4.45. The summed E-state index contributed by atoms with van der Waals surface area (Å²) in [6, 6.07) is 0.788. The number of rotatable bonds is 5. The third-order valence-corrected chi connectivity index (χ3v) is 4.58. The van der Waals surface area contributed by atoms with Gasteiger partial charge in [0.1, 0.15) is 6.04 Å². The highest BCUT2D eigenvalue weighted by atomic mass is 16.5. The fourth-order valence-electron chi connectivity index (χ4n) is 3.22. The van der Waals surface area contributed by atoms with E-state index in [1.165, 1.54) is 71.1 Å². The van der Waals surface area contributed by atoms with Crippen molar-refractivity contribution in [2.75, 3.05) is 0 Å². The summed E-state index contributed by atoms with van der Waals surface area (Å²) in [5.41, 5.74) is 0. The Labute approximate surface area is 145 Å². The van der Waals surface area contributed by atoms with Gasteiger partial charge in [-0.25, -0.2) is 4.79 Å². The van der Waals surface area contributed by atoms with E-state index in [4.69, 9.17) is 5.11 Å². The Morgan fingerprint density at radius 2 is 1.50 bits per heavy atom. The molecule has 0 unspecified atom stereocenters. The number of hydrogen-bond donors (Lipinski definition) is 3. The molecule has 138 valence electrons. The Morgan fingerprint density at radius 1 is 1.04 bits per heavy atom. The summed E-state index contributed by atoms with van der Waals surface area (Å²) in [5, 5.41) is 14.2. The fourth-order valence-corrected chi connectivity index (χ4v) is 3.22. The number of ether oxygens (including phenoxy) is 1. The predicted octanol–water partition coefficient (Wildman–Crippen LogP) is 3.57. The van der Waals surface area contributed by atoms with Crippen LogP contribution in [0.4, 0.5) is 4.79 Å². The molecule has 0 aromatic carbocycles. The van der Waals surface area contributed by atoms with Crippen LogP contribution in [0.2, 0.25) is 0 Å². The van der Waals surface area contributed by atoms with E-state index in [1.807, 2.05) is 5.32 Å². The molecule has 6 nitrogen and oxygen atoms in total. The summed E-state index contributed by atoms with van der Waals surface area (Å²) >= 11 is 0. The third-order valence-electron chi connectivity index (χ3n) is 4.58. The maximum absolute atomic E-state index is 10.5. The first-order valence-corrected chi connectivity index (χ1v) is 9.09. The zero-order chi connectivity index (χ0) is 17.8. The molecule has 2 aliphatic rings. The first-order chi connectivity index (χ1) is 11.5. The smallest absolute Gasteiger partial charge is 0.412 e. The second-order valence-electron chi connectivity index (χ2n) is 6.61. The summed E-state index contributed by atoms with van der Waals surface area (Å²) in [6.07, 6.45) is 14.7. The maximum atomic E-state index is 10.5. The molecule has 0 spiro atoms. The Kier molecular flexibility index (Phi) is 10.2. The number of carbonyl (C=O) groups excluding carboxylic acids is 1. The molecule has 2 aliphatic carbocycles. The van der Waals surface area contributed by atoms with Gasteiger partial charge in [-0.3, -0.25) is 4.79 Å². The normalized spacial score (nSPS) is 20.2. The van der Waals surface area contributed by atoms with Gasteiger partial charge in [-0.1, -0.05) is 45.1 Å². The molecule has 2 rings (SSSR count). The van der Waals surface area contributed by atoms with Gasteiger partial charge in [-0.15, -0.1) is 0 Å². The van der Waals surface area contributed by atoms with Crippen LogP contribution in [0.15, 0.2) is 12.8 Å². The Balaban J connectivity index is 0.000000245. The molecule has 6 heteroatoms. The molecule has 0 saturated heterocycles. The maximum Gasteiger partial charge on any atom is 0.412 e. The SMILES string of the molecule is C1CCC(NC2CCCCC2)CC1.C=COC(=O)N[C@@H](C)C(=O)O. The minimum absolute atomic E-state index is 0.824. The molecule has 0 aromatic heterocycles. The van der Waals surface area contributed by atoms with E-state index in [1.54, 1.807) is 0 Å². The van der Waals surface area contributed by atoms with Gasteiger partial charge in [0.05, 0.1) is 6.26 Å². The number of nitrogens with one attached hydrogen (secondary N) is 2. The number of aliphatic carboxylic acids is 1. The molecule has 2 fully saturated rings. The van der Waals surface area contributed by atoms with Gasteiger partial charge in [0.2, 0.25) is 0 Å². The number of carboxylic acid groups (broad SMARTS) is 1. The summed E-state index contributed by atoms with van der Waals surface area (Å²) in [4.78, 5) is 20.6. The summed E-state index contributed by atoms with van der Waals surface area (Å²) in [7, 11) is 0. The van der Waals surface area contributed by atoms with Crippen molar-refractivity contribution in [1.29, 1.82) is 0 Å². The second-order valence-corrected chi connectivity index (χ2v) is 6.61. The summed E-state index contributed by atoms with van der Waals surface area (Å²) < 4.78 is 4.21. The quantitative estimate of drug-likeness (QED) is 0.666. The molecule has 0 aliphatic heterocycles. The van der Waals surface area contributed by atoms with Gasteiger partial charge in [-0.2, -0.15) is 0 Å². The van der Waals surface area contributed by atoms with Crippen molar-refractivity contribution in [2.24, 2.45) is 0 Å². The number of amides is 1. The van der Waals surface area contributed by atoms with E-state index in [-0.39, 0.29) is 0 Å². The minimum Gasteiger partial charge on any atom is -0.480 e. The monoisotopic (exact) mass is 340 g/mol. The van der Waals surface area contributed by atoms with Crippen LogP contribution in [0.25, 0.3) is 0 Å². The van der Waals surface area contributed by atoms with Crippen molar-refractivity contribution in [3.8, 4) is 0 Å². The van der Waals surface area contributed by atoms with Gasteiger partial charge in [-0.05, 0) is 32.6 Å². The van der Waals surface area contributed by atoms with Crippen molar-refractivity contribution >= 4 is 12.1 Å². The van der Waals surface area contributed by atoms with Crippen molar-refractivity contribution in [3.63, 3.8) is 0 Å². The molecular formula is C18H32N2O4. The molecule has 0 aromatic rings. The topological polar surface area (TPSA) is 87.7 Å². The zero-order valence-corrected chi connectivity index (χ0v) is 14.8. The molecule has 3 N–H and O–H groups in total. The van der Waals surface area contributed by atoms with Crippen molar-refractivity contribution in [3.05, 3.63) is 12.8 Å². The Hall–Kier alpha value is -1.56. The van der Waals surface area contributed by atoms with Crippen LogP contribution in [0.3, 0.4) is 0 Å². The summed E-state index contributed by atoms with van der Waals surface area (Å²) in [5.74, 6) is -1.12. The van der Waals surface area contributed by atoms with E-state index in [2.05, 4.69) is 16.6 Å². The Bertz CT molecular complexity index is 372. The minimum atomic E-state index is -1.12. The van der Waals surface area contributed by atoms with E-state index in [0.29, 0.717) is 0 Å². The average molecular weight is 340 g/mol. The van der Waals surface area contributed by atoms with Crippen molar-refractivity contribution in [1.82, 2.24) is 10.6 Å². The average Bonchev–Trinajstić information content (AvgIpc) is 2.57. The van der Waals surface area contributed by atoms with E-state index < -0.39 is 18.1 Å². The second kappa shape index (κ2) is 11.9. The highest BCUT2D eigenvalue weighted by Crippen LogP contribution is 2.22. The number of carbonyl (C=O) groups is 2. The van der Waals surface area contributed by atoms with Gasteiger partial charge in [0, 0.05) is 12.1 Å². The third kappa shape index (κ3) is 8.91. The van der Waals surface area contributed by atoms with Gasteiger partial charge >= 0.3 is 12.1 Å². The molecule has 2 saturated carbocycles. The van der Waals surface area contributed by atoms with Crippen LogP contribution in [-0.4, -0.2) is 35.3 Å². The van der Waals surface area contributed by atoms with E-state index in [0.717, 1.165) is 18.3 Å². The molecule has 1 amide bonds. The lowest BCUT2D eigenvalue weighted by molar-refractivity contribution is -0.138. The predicted molar refractivity (Wildman–Crippen MR) is 93.8 cm³/mol. The lowest BCUT2D eigenvalue weighted by Gasteiger charge is -2.30. The first kappa shape index (κ1) is 20.5. The molecular weight excluding hydrogens is 308 g/mol. The molecule has 24 heavy (non-hydrogen) atoms. The molecule has 0 radical (unpaired) electrons. The van der Waals surface area contributed by atoms with Crippen LogP contribution in [0.1, 0.15) is 71.1 Å². The lowest BCUT2D eigenvalue weighted by atomic mass is 9.91. The van der Waals surface area contributed by atoms with Crippen LogP contribution in [0.5, 0.6) is 0 Å². The fraction of sp³-hybridized carbons (Fsp3) is 0.778. The number of carboxylic acids is 1. The largest absolute Gasteiger partial charge is 0.480 e. The standard InChI is InChI=1S/C12H23N.C6H9NO4/c1-3-7-11(8-4-1)13-12-9-5-2-6-10-12;1-3-11-6(10)7-4(2)5(8)9/h11-13H,1-10H2;3-4H,1H2,2H3,(H,7,10)(H,8,9)/t;4-/m.0/s1. The van der Waals surface area contributed by atoms with Gasteiger partial charge in [0.15, 0.2) is 0 Å². The number of hydrogen-bond acceptors (Lipinski definition) is 4. The zero-order valence-electron chi connectivity index (χ0n) is 14.8. The van der Waals surface area contributed by atoms with Crippen LogP contribution >= 0.6 is 0 Å². The van der Waals surface area contributed by atoms with E-state index in [9.17, 15) is 9.59 Å². The van der Waals surface area contributed by atoms with Crippen LogP contribution in [-0.2, 0) is 9.53 Å². The van der Waals surface area contributed by atoms with Crippen LogP contribution < -0.4 is 10.6 Å². The molecule has 1 atom stereocenters.